The molecule has 0 N–H and O–H groups in total. The van der Waals surface area contributed by atoms with Gasteiger partial charge in [-0.05, 0) is 44.3 Å². The molecule has 0 spiro atoms. The van der Waals surface area contributed by atoms with Crippen LogP contribution < -0.4 is 5.46 Å². The van der Waals surface area contributed by atoms with E-state index >= 15 is 0 Å². The molecule has 2 aliphatic rings. The molecule has 2 fully saturated rings. The zero-order valence-corrected chi connectivity index (χ0v) is 14.2. The van der Waals surface area contributed by atoms with Gasteiger partial charge in [-0.15, -0.1) is 0 Å². The van der Waals surface area contributed by atoms with E-state index in [2.05, 4.69) is 35.7 Å². The molecule has 4 nitrogen and oxygen atoms in total. The average Bonchev–Trinajstić information content (AvgIpc) is 2.82. The van der Waals surface area contributed by atoms with Crippen LogP contribution in [0.5, 0.6) is 0 Å². The number of ether oxygens (including phenoxy) is 1. The van der Waals surface area contributed by atoms with E-state index in [0.717, 1.165) is 44.7 Å². The molecule has 0 amide bonds. The molecular weight excluding hydrogens is 289 g/mol. The highest BCUT2D eigenvalue weighted by molar-refractivity contribution is 6.62. The second-order valence-electron chi connectivity index (χ2n) is 6.80. The minimum absolute atomic E-state index is 0.333. The fourth-order valence-corrected chi connectivity index (χ4v) is 2.94. The van der Waals surface area contributed by atoms with Crippen LogP contribution in [0.15, 0.2) is 36.6 Å². The van der Waals surface area contributed by atoms with E-state index in [4.69, 9.17) is 14.0 Å². The van der Waals surface area contributed by atoms with Gasteiger partial charge in [-0.2, -0.15) is 0 Å². The summed E-state index contributed by atoms with van der Waals surface area (Å²) in [6.45, 7) is 12.9. The zero-order valence-electron chi connectivity index (χ0n) is 14.2. The Morgan fingerprint density at radius 3 is 2.48 bits per heavy atom. The Kier molecular flexibility index (Phi) is 5.09. The molecule has 23 heavy (non-hydrogen) atoms. The van der Waals surface area contributed by atoms with Crippen molar-refractivity contribution < 1.29 is 14.0 Å². The van der Waals surface area contributed by atoms with Crippen molar-refractivity contribution in [1.29, 1.82) is 0 Å². The lowest BCUT2D eigenvalue weighted by Crippen LogP contribution is -2.37. The predicted molar refractivity (Wildman–Crippen MR) is 92.8 cm³/mol. The normalized spacial score (nSPS) is 21.5. The fourth-order valence-electron chi connectivity index (χ4n) is 2.94. The number of aryl methyl sites for hydroxylation is 1. The number of hydrogen-bond donors (Lipinski definition) is 0. The van der Waals surface area contributed by atoms with Crippen LogP contribution >= 0.6 is 0 Å². The minimum Gasteiger partial charge on any atom is -0.534 e. The molecule has 5 heteroatoms. The Hall–Kier alpha value is -1.30. The Morgan fingerprint density at radius 1 is 1.17 bits per heavy atom. The third-order valence-corrected chi connectivity index (χ3v) is 4.62. The molecule has 2 saturated heterocycles. The van der Waals surface area contributed by atoms with Crippen LogP contribution in [0.25, 0.3) is 0 Å². The van der Waals surface area contributed by atoms with Crippen LogP contribution in [-0.2, 0) is 20.5 Å². The summed E-state index contributed by atoms with van der Waals surface area (Å²) in [5, 5.41) is 0. The molecule has 0 bridgehead atoms. The van der Waals surface area contributed by atoms with Crippen LogP contribution in [-0.4, -0.2) is 50.5 Å². The fraction of sp³-hybridized carbons (Fsp3) is 0.556. The Labute approximate surface area is 139 Å². The van der Waals surface area contributed by atoms with Crippen LogP contribution in [0.3, 0.4) is 0 Å². The van der Waals surface area contributed by atoms with E-state index < -0.39 is 5.60 Å². The molecule has 0 radical (unpaired) electrons. The van der Waals surface area contributed by atoms with E-state index in [0.29, 0.717) is 5.76 Å². The van der Waals surface area contributed by atoms with Crippen molar-refractivity contribution in [3.63, 3.8) is 0 Å². The predicted octanol–water partition coefficient (Wildman–Crippen LogP) is 1.99. The molecule has 0 aromatic heterocycles. The van der Waals surface area contributed by atoms with Crippen LogP contribution in [0, 0.1) is 0 Å². The number of benzene rings is 1. The Balaban J connectivity index is 1.48. The van der Waals surface area contributed by atoms with E-state index in [1.807, 2.05) is 13.8 Å². The van der Waals surface area contributed by atoms with Crippen molar-refractivity contribution in [3.8, 4) is 0 Å². The van der Waals surface area contributed by atoms with Gasteiger partial charge in [0, 0.05) is 13.1 Å². The average molecular weight is 315 g/mol. The van der Waals surface area contributed by atoms with Gasteiger partial charge in [-0.1, -0.05) is 30.8 Å². The highest BCUT2D eigenvalue weighted by Gasteiger charge is 2.42. The Morgan fingerprint density at radius 2 is 1.87 bits per heavy atom. The summed E-state index contributed by atoms with van der Waals surface area (Å²) >= 11 is 0. The number of nitrogens with zero attached hydrogens (tertiary/aromatic N) is 1. The van der Waals surface area contributed by atoms with Gasteiger partial charge in [0.2, 0.25) is 0 Å². The molecule has 0 saturated carbocycles. The Bertz CT molecular complexity index is 538. The molecule has 2 heterocycles. The second kappa shape index (κ2) is 7.08. The molecule has 0 atom stereocenters. The SMILES string of the molecule is C=C1OB(c2ccc(CCCN3CCOCC3)cc2)OC1(C)C. The number of hydrogen-bond acceptors (Lipinski definition) is 4. The van der Waals surface area contributed by atoms with Gasteiger partial charge in [0.25, 0.3) is 0 Å². The summed E-state index contributed by atoms with van der Waals surface area (Å²) in [6.07, 6.45) is 2.28. The van der Waals surface area contributed by atoms with Gasteiger partial charge in [-0.3, -0.25) is 4.90 Å². The van der Waals surface area contributed by atoms with Gasteiger partial charge in [-0.25, -0.2) is 0 Å². The molecule has 0 aliphatic carbocycles. The van der Waals surface area contributed by atoms with E-state index in [1.165, 1.54) is 12.0 Å². The minimum atomic E-state index is -0.415. The standard InChI is InChI=1S/C18H26BNO3/c1-15-18(2,3)23-19(22-15)17-8-6-16(7-9-17)5-4-10-20-11-13-21-14-12-20/h6-9H,1,4-5,10-14H2,2-3H3. The van der Waals surface area contributed by atoms with Gasteiger partial charge >= 0.3 is 7.12 Å². The van der Waals surface area contributed by atoms with E-state index in [9.17, 15) is 0 Å². The quantitative estimate of drug-likeness (QED) is 0.778. The lowest BCUT2D eigenvalue weighted by molar-refractivity contribution is 0.0375. The third-order valence-electron chi connectivity index (χ3n) is 4.62. The van der Waals surface area contributed by atoms with Gasteiger partial charge < -0.3 is 14.0 Å². The van der Waals surface area contributed by atoms with Crippen LogP contribution in [0.2, 0.25) is 0 Å². The second-order valence-corrected chi connectivity index (χ2v) is 6.80. The molecule has 3 rings (SSSR count). The monoisotopic (exact) mass is 315 g/mol. The molecule has 124 valence electrons. The van der Waals surface area contributed by atoms with Gasteiger partial charge in [0.1, 0.15) is 5.60 Å². The van der Waals surface area contributed by atoms with Crippen molar-refractivity contribution in [2.45, 2.75) is 32.3 Å². The van der Waals surface area contributed by atoms with Crippen molar-refractivity contribution in [3.05, 3.63) is 42.2 Å². The maximum Gasteiger partial charge on any atom is 0.563 e. The van der Waals surface area contributed by atoms with Crippen LogP contribution in [0.1, 0.15) is 25.8 Å². The summed E-state index contributed by atoms with van der Waals surface area (Å²) in [6, 6.07) is 8.55. The number of morpholine rings is 1. The summed E-state index contributed by atoms with van der Waals surface area (Å²) < 4.78 is 17.0. The lowest BCUT2D eigenvalue weighted by atomic mass is 9.79. The van der Waals surface area contributed by atoms with Crippen LogP contribution in [0.4, 0.5) is 0 Å². The summed E-state index contributed by atoms with van der Waals surface area (Å²) in [7, 11) is -0.333. The first-order valence-corrected chi connectivity index (χ1v) is 8.47. The maximum atomic E-state index is 5.91. The highest BCUT2D eigenvalue weighted by atomic mass is 16.7. The molecule has 0 unspecified atom stereocenters. The molecule has 1 aromatic rings. The van der Waals surface area contributed by atoms with E-state index in [1.54, 1.807) is 0 Å². The lowest BCUT2D eigenvalue weighted by Gasteiger charge is -2.26. The number of rotatable bonds is 5. The smallest absolute Gasteiger partial charge is 0.534 e. The van der Waals surface area contributed by atoms with Crippen molar-refractivity contribution in [2.75, 3.05) is 32.8 Å². The highest BCUT2D eigenvalue weighted by Crippen LogP contribution is 2.29. The van der Waals surface area contributed by atoms with E-state index in [-0.39, 0.29) is 7.12 Å². The van der Waals surface area contributed by atoms with Crippen molar-refractivity contribution in [2.24, 2.45) is 0 Å². The first-order valence-electron chi connectivity index (χ1n) is 8.47. The summed E-state index contributed by atoms with van der Waals surface area (Å²) in [5.74, 6) is 0.692. The van der Waals surface area contributed by atoms with Crippen molar-refractivity contribution in [1.82, 2.24) is 4.90 Å². The molecular formula is C18H26BNO3. The van der Waals surface area contributed by atoms with Gasteiger partial charge in [0.05, 0.1) is 19.0 Å². The topological polar surface area (TPSA) is 30.9 Å². The summed E-state index contributed by atoms with van der Waals surface area (Å²) in [5.41, 5.74) is 1.99. The zero-order chi connectivity index (χ0) is 16.3. The first-order chi connectivity index (χ1) is 11.0. The summed E-state index contributed by atoms with van der Waals surface area (Å²) in [4.78, 5) is 2.48. The molecule has 1 aromatic carbocycles. The van der Waals surface area contributed by atoms with Crippen molar-refractivity contribution >= 4 is 12.6 Å². The maximum absolute atomic E-state index is 5.91. The first kappa shape index (κ1) is 16.6. The van der Waals surface area contributed by atoms with Gasteiger partial charge in [0.15, 0.2) is 0 Å². The third kappa shape index (κ3) is 4.16. The molecule has 2 aliphatic heterocycles. The largest absolute Gasteiger partial charge is 0.563 e.